The highest BCUT2D eigenvalue weighted by Gasteiger charge is 2.24. The molecule has 0 saturated heterocycles. The van der Waals surface area contributed by atoms with Crippen LogP contribution >= 0.6 is 0 Å². The highest BCUT2D eigenvalue weighted by atomic mass is 19.4. The molecule has 0 aliphatic carbocycles. The monoisotopic (exact) mass is 187 g/mol. The molecule has 1 rings (SSSR count). The van der Waals surface area contributed by atoms with E-state index in [2.05, 4.69) is 0 Å². The predicted octanol–water partition coefficient (Wildman–Crippen LogP) is 2.86. The minimum atomic E-state index is -4.84. The molecule has 0 spiro atoms. The Bertz CT molecular complexity index is 274. The molecule has 72 valence electrons. The van der Waals surface area contributed by atoms with Crippen LogP contribution in [0.5, 0.6) is 0 Å². The maximum atomic E-state index is 12.2. The molecule has 0 fully saturated rings. The van der Waals surface area contributed by atoms with Crippen molar-refractivity contribution in [1.82, 2.24) is 0 Å². The summed E-state index contributed by atoms with van der Waals surface area (Å²) in [5.41, 5.74) is 0.410. The van der Waals surface area contributed by atoms with Gasteiger partial charge in [-0.2, -0.15) is 0 Å². The van der Waals surface area contributed by atoms with E-state index in [0.29, 0.717) is 0 Å². The van der Waals surface area contributed by atoms with Crippen LogP contribution in [-0.2, 0) is 0 Å². The largest absolute Gasteiger partial charge is 0.509 e. The maximum absolute atomic E-state index is 12.2. The molecule has 0 atom stereocenters. The van der Waals surface area contributed by atoms with Gasteiger partial charge >= 0.3 is 6.98 Å². The second kappa shape index (κ2) is 3.44. The quantitative estimate of drug-likeness (QED) is 0.624. The first-order valence-electron chi connectivity index (χ1n) is 4.21. The molecule has 4 heteroatoms. The molecule has 13 heavy (non-hydrogen) atoms. The Morgan fingerprint density at radius 1 is 1.00 bits per heavy atom. The van der Waals surface area contributed by atoms with Gasteiger partial charge in [-0.05, 0) is 11.5 Å². The number of benzene rings is 1. The van der Waals surface area contributed by atoms with Crippen molar-refractivity contribution in [3.05, 3.63) is 29.8 Å². The average Bonchev–Trinajstić information content (AvgIpc) is 2.03. The molecule has 0 saturated carbocycles. The van der Waals surface area contributed by atoms with Gasteiger partial charge in [0.25, 0.3) is 0 Å². The summed E-state index contributed by atoms with van der Waals surface area (Å²) in [6, 6.07) is 5.37. The third kappa shape index (κ3) is 2.51. The molecule has 0 amide bonds. The summed E-state index contributed by atoms with van der Waals surface area (Å²) in [5, 5.41) is 0. The molecular formula is C9H11BF3-. The van der Waals surface area contributed by atoms with E-state index in [4.69, 9.17) is 0 Å². The van der Waals surface area contributed by atoms with Crippen molar-refractivity contribution in [2.24, 2.45) is 0 Å². The van der Waals surface area contributed by atoms with Gasteiger partial charge in [-0.25, -0.2) is 0 Å². The van der Waals surface area contributed by atoms with E-state index in [1.165, 1.54) is 12.1 Å². The van der Waals surface area contributed by atoms with E-state index in [1.54, 1.807) is 0 Å². The average molecular weight is 187 g/mol. The molecule has 0 radical (unpaired) electrons. The van der Waals surface area contributed by atoms with Gasteiger partial charge < -0.3 is 12.9 Å². The number of hydrogen-bond acceptors (Lipinski definition) is 0. The second-order valence-electron chi connectivity index (χ2n) is 3.40. The van der Waals surface area contributed by atoms with Gasteiger partial charge in [0.2, 0.25) is 0 Å². The van der Waals surface area contributed by atoms with Gasteiger partial charge in [-0.1, -0.05) is 38.1 Å². The van der Waals surface area contributed by atoms with E-state index in [1.807, 2.05) is 13.8 Å². The van der Waals surface area contributed by atoms with Crippen LogP contribution in [0.2, 0.25) is 0 Å². The summed E-state index contributed by atoms with van der Waals surface area (Å²) in [4.78, 5) is 0. The first-order chi connectivity index (χ1) is 5.91. The van der Waals surface area contributed by atoms with Crippen LogP contribution in [-0.4, -0.2) is 6.98 Å². The maximum Gasteiger partial charge on any atom is 0.509 e. The SMILES string of the molecule is CC(C)c1ccc([B-](F)(F)F)cc1. The molecule has 0 N–H and O–H groups in total. The van der Waals surface area contributed by atoms with Crippen molar-refractivity contribution in [2.75, 3.05) is 0 Å². The Morgan fingerprint density at radius 2 is 1.46 bits per heavy atom. The first-order valence-corrected chi connectivity index (χ1v) is 4.21. The summed E-state index contributed by atoms with van der Waals surface area (Å²) < 4.78 is 36.5. The molecule has 0 aliphatic heterocycles. The molecule has 1 aromatic rings. The van der Waals surface area contributed by atoms with Crippen LogP contribution in [0, 0.1) is 0 Å². The Kier molecular flexibility index (Phi) is 2.69. The predicted molar refractivity (Wildman–Crippen MR) is 49.2 cm³/mol. The van der Waals surface area contributed by atoms with E-state index in [9.17, 15) is 12.9 Å². The van der Waals surface area contributed by atoms with E-state index >= 15 is 0 Å². The van der Waals surface area contributed by atoms with Gasteiger partial charge in [0.15, 0.2) is 0 Å². The number of halogens is 3. The van der Waals surface area contributed by atoms with Gasteiger partial charge in [-0.3, -0.25) is 0 Å². The van der Waals surface area contributed by atoms with Crippen LogP contribution in [0.4, 0.5) is 12.9 Å². The van der Waals surface area contributed by atoms with Crippen LogP contribution in [0.1, 0.15) is 25.3 Å². The zero-order valence-corrected chi connectivity index (χ0v) is 7.60. The van der Waals surface area contributed by atoms with E-state index < -0.39 is 12.4 Å². The van der Waals surface area contributed by atoms with Crippen molar-refractivity contribution in [3.8, 4) is 0 Å². The van der Waals surface area contributed by atoms with Crippen LogP contribution in [0.25, 0.3) is 0 Å². The molecule has 0 bridgehead atoms. The zero-order chi connectivity index (χ0) is 10.1. The Balaban J connectivity index is 2.94. The lowest BCUT2D eigenvalue weighted by Crippen LogP contribution is -2.33. The fourth-order valence-corrected chi connectivity index (χ4v) is 1.10. The van der Waals surface area contributed by atoms with Crippen LogP contribution < -0.4 is 5.46 Å². The van der Waals surface area contributed by atoms with Gasteiger partial charge in [0.1, 0.15) is 0 Å². The standard InChI is InChI=1S/C9H11BF3/c1-7(2)8-3-5-9(6-4-8)10(11,12)13/h3-7H,1-2H3/q-1. The van der Waals surface area contributed by atoms with Gasteiger partial charge in [0, 0.05) is 0 Å². The lowest BCUT2D eigenvalue weighted by atomic mass is 9.79. The number of rotatable bonds is 2. The summed E-state index contributed by atoms with van der Waals surface area (Å²) in [5.74, 6) is 0.273. The second-order valence-corrected chi connectivity index (χ2v) is 3.40. The smallest absolute Gasteiger partial charge is 0.445 e. The Labute approximate surface area is 75.8 Å². The molecule has 0 nitrogen and oxygen atoms in total. The zero-order valence-electron chi connectivity index (χ0n) is 7.60. The van der Waals surface area contributed by atoms with Crippen molar-refractivity contribution < 1.29 is 12.9 Å². The van der Waals surface area contributed by atoms with Crippen LogP contribution in [0.15, 0.2) is 24.3 Å². The topological polar surface area (TPSA) is 0 Å². The summed E-state index contributed by atoms with van der Waals surface area (Å²) in [7, 11) is 0. The molecule has 0 aromatic heterocycles. The van der Waals surface area contributed by atoms with Gasteiger partial charge in [0.05, 0.1) is 0 Å². The molecule has 0 aliphatic rings. The molecular weight excluding hydrogens is 176 g/mol. The Morgan fingerprint density at radius 3 is 1.77 bits per heavy atom. The van der Waals surface area contributed by atoms with Gasteiger partial charge in [-0.15, -0.1) is 5.46 Å². The third-order valence-electron chi connectivity index (χ3n) is 1.98. The van der Waals surface area contributed by atoms with Crippen molar-refractivity contribution in [1.29, 1.82) is 0 Å². The molecule has 0 heterocycles. The summed E-state index contributed by atoms with van der Waals surface area (Å²) in [6.45, 7) is -0.936. The lowest BCUT2D eigenvalue weighted by molar-refractivity contribution is 0.501. The molecule has 0 unspecified atom stereocenters. The lowest BCUT2D eigenvalue weighted by Gasteiger charge is -2.15. The number of hydrogen-bond donors (Lipinski definition) is 0. The van der Waals surface area contributed by atoms with Crippen LogP contribution in [0.3, 0.4) is 0 Å². The Hall–Kier alpha value is -0.925. The van der Waals surface area contributed by atoms with Crippen molar-refractivity contribution >= 4 is 12.4 Å². The first kappa shape index (κ1) is 10.2. The highest BCUT2D eigenvalue weighted by molar-refractivity contribution is 6.73. The normalized spacial score (nSPS) is 12.2. The minimum absolute atomic E-state index is 0.273. The summed E-state index contributed by atoms with van der Waals surface area (Å²) >= 11 is 0. The van der Waals surface area contributed by atoms with Crippen molar-refractivity contribution in [3.63, 3.8) is 0 Å². The summed E-state index contributed by atoms with van der Waals surface area (Å²) in [6.07, 6.45) is 0. The fraction of sp³-hybridized carbons (Fsp3) is 0.333. The van der Waals surface area contributed by atoms with Crippen molar-refractivity contribution in [2.45, 2.75) is 19.8 Å². The minimum Gasteiger partial charge on any atom is -0.445 e. The highest BCUT2D eigenvalue weighted by Crippen LogP contribution is 2.14. The van der Waals surface area contributed by atoms with E-state index in [-0.39, 0.29) is 5.92 Å². The van der Waals surface area contributed by atoms with E-state index in [0.717, 1.165) is 17.7 Å². The third-order valence-corrected chi connectivity index (χ3v) is 1.98. The fourth-order valence-electron chi connectivity index (χ4n) is 1.10. The molecule has 1 aromatic carbocycles.